The molecule has 0 N–H and O–H groups in total. The molecule has 0 atom stereocenters. The molecule has 0 fully saturated rings. The Bertz CT molecular complexity index is 2930. The van der Waals surface area contributed by atoms with Crippen molar-refractivity contribution >= 4 is 39.0 Å². The first-order valence-electron chi connectivity index (χ1n) is 19.1. The maximum absolute atomic E-state index is 6.47. The number of rotatable bonds is 8. The van der Waals surface area contributed by atoms with Gasteiger partial charge < -0.3 is 9.32 Å². The fourth-order valence-electron chi connectivity index (χ4n) is 7.99. The van der Waals surface area contributed by atoms with Gasteiger partial charge in [0.1, 0.15) is 11.2 Å². The molecular formula is C54H37NO. The van der Waals surface area contributed by atoms with E-state index in [9.17, 15) is 0 Å². The first-order chi connectivity index (χ1) is 27.8. The van der Waals surface area contributed by atoms with Crippen molar-refractivity contribution in [1.29, 1.82) is 0 Å². The third kappa shape index (κ3) is 6.14. The zero-order chi connectivity index (χ0) is 37.3. The first kappa shape index (κ1) is 33.2. The van der Waals surface area contributed by atoms with E-state index < -0.39 is 0 Å². The fraction of sp³-hybridized carbons (Fsp3) is 0. The van der Waals surface area contributed by atoms with E-state index >= 15 is 0 Å². The molecule has 0 aliphatic rings. The summed E-state index contributed by atoms with van der Waals surface area (Å²) in [6, 6.07) is 79.9. The molecule has 0 saturated carbocycles. The van der Waals surface area contributed by atoms with E-state index in [-0.39, 0.29) is 0 Å². The van der Waals surface area contributed by atoms with Gasteiger partial charge in [0.25, 0.3) is 0 Å². The number of anilines is 3. The van der Waals surface area contributed by atoms with Crippen LogP contribution in [0.4, 0.5) is 17.1 Å². The molecule has 0 aliphatic heterocycles. The van der Waals surface area contributed by atoms with Gasteiger partial charge in [-0.05, 0) is 92.5 Å². The summed E-state index contributed by atoms with van der Waals surface area (Å²) in [5, 5.41) is 2.27. The molecule has 0 unspecified atom stereocenters. The van der Waals surface area contributed by atoms with Crippen molar-refractivity contribution in [3.63, 3.8) is 0 Å². The Labute approximate surface area is 327 Å². The summed E-state index contributed by atoms with van der Waals surface area (Å²) in [7, 11) is 0. The summed E-state index contributed by atoms with van der Waals surface area (Å²) in [4.78, 5) is 2.34. The molecule has 56 heavy (non-hydrogen) atoms. The Balaban J connectivity index is 1.04. The van der Waals surface area contributed by atoms with Crippen molar-refractivity contribution in [2.24, 2.45) is 0 Å². The SMILES string of the molecule is c1ccc(-c2ccc(N(c3ccc(-c4ccccc4-c4ccccc4)cc3)c3ccc(-c4ccccc4-c4cccc5c4oc4ccccc45)cc3)cc2)cc1. The summed E-state index contributed by atoms with van der Waals surface area (Å²) in [6.07, 6.45) is 0. The summed E-state index contributed by atoms with van der Waals surface area (Å²) in [6.45, 7) is 0. The smallest absolute Gasteiger partial charge is 0.143 e. The highest BCUT2D eigenvalue weighted by Crippen LogP contribution is 2.42. The van der Waals surface area contributed by atoms with Crippen LogP contribution in [-0.2, 0) is 0 Å². The van der Waals surface area contributed by atoms with Gasteiger partial charge in [0.15, 0.2) is 0 Å². The van der Waals surface area contributed by atoms with Crippen molar-refractivity contribution in [1.82, 2.24) is 0 Å². The lowest BCUT2D eigenvalue weighted by atomic mass is 9.93. The van der Waals surface area contributed by atoms with Gasteiger partial charge in [-0.15, -0.1) is 0 Å². The molecule has 10 rings (SSSR count). The lowest BCUT2D eigenvalue weighted by Crippen LogP contribution is -2.09. The lowest BCUT2D eigenvalue weighted by molar-refractivity contribution is 0.670. The Morgan fingerprint density at radius 1 is 0.250 bits per heavy atom. The minimum atomic E-state index is 0.905. The third-order valence-electron chi connectivity index (χ3n) is 10.7. The number of nitrogens with zero attached hydrogens (tertiary/aromatic N) is 1. The van der Waals surface area contributed by atoms with Crippen molar-refractivity contribution in [3.8, 4) is 55.6 Å². The molecule has 0 amide bonds. The van der Waals surface area contributed by atoms with Gasteiger partial charge in [-0.25, -0.2) is 0 Å². The largest absolute Gasteiger partial charge is 0.455 e. The molecule has 0 aliphatic carbocycles. The standard InChI is InChI=1S/C54H37NO/c1-3-14-38(15-4-1)39-26-32-43(33-27-39)55(44-34-28-41(29-35-44)47-19-8-7-18-46(47)40-16-5-2-6-17-40)45-36-30-42(31-37-45)48-20-9-10-21-49(48)51-23-13-24-52-50-22-11-12-25-53(50)56-54(51)52/h1-37H. The maximum Gasteiger partial charge on any atom is 0.143 e. The van der Waals surface area contributed by atoms with Crippen molar-refractivity contribution in [2.45, 2.75) is 0 Å². The van der Waals surface area contributed by atoms with Gasteiger partial charge in [-0.1, -0.05) is 182 Å². The fourth-order valence-corrected chi connectivity index (χ4v) is 7.99. The summed E-state index contributed by atoms with van der Waals surface area (Å²) in [5.41, 5.74) is 16.8. The number of furan rings is 1. The highest BCUT2D eigenvalue weighted by Gasteiger charge is 2.18. The summed E-state index contributed by atoms with van der Waals surface area (Å²) in [5.74, 6) is 0. The van der Waals surface area contributed by atoms with Crippen LogP contribution in [-0.4, -0.2) is 0 Å². The number of benzene rings is 9. The maximum atomic E-state index is 6.47. The Morgan fingerprint density at radius 2 is 0.625 bits per heavy atom. The van der Waals surface area contributed by atoms with Crippen molar-refractivity contribution in [3.05, 3.63) is 224 Å². The number of para-hydroxylation sites is 2. The molecule has 0 bridgehead atoms. The van der Waals surface area contributed by atoms with Gasteiger partial charge >= 0.3 is 0 Å². The van der Waals surface area contributed by atoms with Crippen LogP contribution in [0, 0.1) is 0 Å². The predicted molar refractivity (Wildman–Crippen MR) is 236 cm³/mol. The lowest BCUT2D eigenvalue weighted by Gasteiger charge is -2.26. The molecule has 1 heterocycles. The molecular weight excluding hydrogens is 679 g/mol. The van der Waals surface area contributed by atoms with Crippen LogP contribution in [0.2, 0.25) is 0 Å². The van der Waals surface area contributed by atoms with E-state index in [0.29, 0.717) is 0 Å². The molecule has 0 spiro atoms. The molecule has 0 saturated heterocycles. The second-order valence-corrected chi connectivity index (χ2v) is 14.1. The van der Waals surface area contributed by atoms with E-state index in [0.717, 1.165) is 61.3 Å². The average molecular weight is 716 g/mol. The molecule has 9 aromatic carbocycles. The van der Waals surface area contributed by atoms with E-state index in [1.165, 1.54) is 33.4 Å². The minimum absolute atomic E-state index is 0.905. The van der Waals surface area contributed by atoms with E-state index in [4.69, 9.17) is 4.42 Å². The van der Waals surface area contributed by atoms with Gasteiger partial charge in [-0.3, -0.25) is 0 Å². The number of fused-ring (bicyclic) bond motifs is 3. The zero-order valence-corrected chi connectivity index (χ0v) is 30.7. The van der Waals surface area contributed by atoms with Gasteiger partial charge in [0.05, 0.1) is 0 Å². The molecule has 264 valence electrons. The normalized spacial score (nSPS) is 11.2. The van der Waals surface area contributed by atoms with E-state index in [1.54, 1.807) is 0 Å². The van der Waals surface area contributed by atoms with Crippen LogP contribution in [0.1, 0.15) is 0 Å². The average Bonchev–Trinajstić information content (AvgIpc) is 3.67. The Morgan fingerprint density at radius 3 is 1.20 bits per heavy atom. The van der Waals surface area contributed by atoms with Gasteiger partial charge in [0, 0.05) is 33.4 Å². The van der Waals surface area contributed by atoms with E-state index in [1.807, 2.05) is 12.1 Å². The Hall–Kier alpha value is -7.42. The molecule has 2 heteroatoms. The monoisotopic (exact) mass is 715 g/mol. The predicted octanol–water partition coefficient (Wildman–Crippen LogP) is 15.4. The zero-order valence-electron chi connectivity index (χ0n) is 30.7. The molecule has 0 radical (unpaired) electrons. The van der Waals surface area contributed by atoms with Crippen molar-refractivity contribution in [2.75, 3.05) is 4.90 Å². The van der Waals surface area contributed by atoms with Crippen LogP contribution in [0.3, 0.4) is 0 Å². The third-order valence-corrected chi connectivity index (χ3v) is 10.7. The second kappa shape index (κ2) is 14.4. The second-order valence-electron chi connectivity index (χ2n) is 14.1. The topological polar surface area (TPSA) is 16.4 Å². The van der Waals surface area contributed by atoms with Crippen LogP contribution >= 0.6 is 0 Å². The van der Waals surface area contributed by atoms with Crippen LogP contribution < -0.4 is 4.90 Å². The number of hydrogen-bond donors (Lipinski definition) is 0. The van der Waals surface area contributed by atoms with Crippen LogP contribution in [0.15, 0.2) is 229 Å². The van der Waals surface area contributed by atoms with Crippen molar-refractivity contribution < 1.29 is 4.42 Å². The Kier molecular flexibility index (Phi) is 8.55. The highest BCUT2D eigenvalue weighted by atomic mass is 16.3. The first-order valence-corrected chi connectivity index (χ1v) is 19.1. The van der Waals surface area contributed by atoms with Gasteiger partial charge in [0.2, 0.25) is 0 Å². The van der Waals surface area contributed by atoms with Crippen LogP contribution in [0.5, 0.6) is 0 Å². The number of hydrogen-bond acceptors (Lipinski definition) is 2. The summed E-state index contributed by atoms with van der Waals surface area (Å²) < 4.78 is 6.47. The minimum Gasteiger partial charge on any atom is -0.455 e. The van der Waals surface area contributed by atoms with E-state index in [2.05, 4.69) is 217 Å². The quantitative estimate of drug-likeness (QED) is 0.156. The molecule has 1 aromatic heterocycles. The molecule has 2 nitrogen and oxygen atoms in total. The van der Waals surface area contributed by atoms with Gasteiger partial charge in [-0.2, -0.15) is 0 Å². The summed E-state index contributed by atoms with van der Waals surface area (Å²) >= 11 is 0. The van der Waals surface area contributed by atoms with Crippen LogP contribution in [0.25, 0.3) is 77.6 Å². The highest BCUT2D eigenvalue weighted by molar-refractivity contribution is 6.10. The molecule has 10 aromatic rings.